The highest BCUT2D eigenvalue weighted by Crippen LogP contribution is 2.57. The molecule has 0 bridgehead atoms. The van der Waals surface area contributed by atoms with Crippen molar-refractivity contribution in [3.63, 3.8) is 0 Å². The van der Waals surface area contributed by atoms with Gasteiger partial charge in [0.1, 0.15) is 0 Å². The maximum atomic E-state index is 12.0. The Labute approximate surface area is 104 Å². The molecular formula is C14H14O2S. The number of rotatable bonds is 2. The third-order valence-electron chi connectivity index (χ3n) is 3.82. The van der Waals surface area contributed by atoms with Gasteiger partial charge in [-0.05, 0) is 34.7 Å². The Hall–Kier alpha value is -1.35. The van der Waals surface area contributed by atoms with Crippen molar-refractivity contribution in [1.29, 1.82) is 0 Å². The molecule has 2 unspecified atom stereocenters. The molecule has 1 aliphatic carbocycles. The zero-order valence-electron chi connectivity index (χ0n) is 9.90. The molecule has 0 amide bonds. The number of benzene rings is 1. The number of carbonyl (C=O) groups excluding carboxylic acids is 1. The van der Waals surface area contributed by atoms with Gasteiger partial charge in [-0.2, -0.15) is 0 Å². The molecule has 0 N–H and O–H groups in total. The number of methoxy groups -OCH3 is 1. The van der Waals surface area contributed by atoms with E-state index in [1.807, 2.05) is 12.1 Å². The fourth-order valence-electron chi connectivity index (χ4n) is 2.70. The molecule has 1 aliphatic rings. The summed E-state index contributed by atoms with van der Waals surface area (Å²) in [5.74, 6) is 0.293. The average Bonchev–Trinajstić information content (AvgIpc) is 2.86. The number of esters is 1. The molecule has 2 aromatic rings. The first kappa shape index (κ1) is 10.8. The summed E-state index contributed by atoms with van der Waals surface area (Å²) in [7, 11) is 1.48. The molecule has 2 nitrogen and oxygen atoms in total. The highest BCUT2D eigenvalue weighted by Gasteiger charge is 2.60. The Balaban J connectivity index is 2.18. The van der Waals surface area contributed by atoms with E-state index in [9.17, 15) is 4.79 Å². The van der Waals surface area contributed by atoms with E-state index in [1.165, 1.54) is 17.2 Å². The monoisotopic (exact) mass is 246 g/mol. The van der Waals surface area contributed by atoms with Crippen molar-refractivity contribution >= 4 is 27.4 Å². The molecule has 17 heavy (non-hydrogen) atoms. The summed E-state index contributed by atoms with van der Waals surface area (Å²) in [6.45, 7) is 2.11. The van der Waals surface area contributed by atoms with E-state index in [2.05, 4.69) is 24.4 Å². The van der Waals surface area contributed by atoms with Gasteiger partial charge in [0.15, 0.2) is 0 Å². The Kier molecular flexibility index (Phi) is 2.26. The maximum Gasteiger partial charge on any atom is 0.316 e. The summed E-state index contributed by atoms with van der Waals surface area (Å²) in [5, 5.41) is 3.32. The summed E-state index contributed by atoms with van der Waals surface area (Å²) < 4.78 is 6.23. The highest BCUT2D eigenvalue weighted by molar-refractivity contribution is 7.17. The Morgan fingerprint density at radius 2 is 2.18 bits per heavy atom. The van der Waals surface area contributed by atoms with E-state index in [1.54, 1.807) is 11.3 Å². The summed E-state index contributed by atoms with van der Waals surface area (Å²) in [4.78, 5) is 12.0. The van der Waals surface area contributed by atoms with Crippen molar-refractivity contribution in [1.82, 2.24) is 0 Å². The average molecular weight is 246 g/mol. The van der Waals surface area contributed by atoms with E-state index in [4.69, 9.17) is 4.74 Å². The molecule has 3 rings (SSSR count). The third kappa shape index (κ3) is 1.35. The van der Waals surface area contributed by atoms with Gasteiger partial charge < -0.3 is 4.74 Å². The van der Waals surface area contributed by atoms with Crippen LogP contribution < -0.4 is 0 Å². The van der Waals surface area contributed by atoms with E-state index in [0.717, 1.165) is 12.0 Å². The topological polar surface area (TPSA) is 26.3 Å². The van der Waals surface area contributed by atoms with Gasteiger partial charge in [-0.3, -0.25) is 4.79 Å². The van der Waals surface area contributed by atoms with Crippen molar-refractivity contribution in [3.8, 4) is 0 Å². The van der Waals surface area contributed by atoms with Crippen molar-refractivity contribution in [2.45, 2.75) is 18.8 Å². The number of thiophene rings is 1. The molecule has 0 aliphatic heterocycles. The fraction of sp³-hybridized carbons (Fsp3) is 0.357. The molecule has 0 spiro atoms. The van der Waals surface area contributed by atoms with Crippen LogP contribution >= 0.6 is 11.3 Å². The summed E-state index contributed by atoms with van der Waals surface area (Å²) >= 11 is 1.70. The predicted octanol–water partition coefficient (Wildman–Crippen LogP) is 3.35. The SMILES string of the molecule is COC(=O)C1(c2csc3ccccc23)CC1C. The van der Waals surface area contributed by atoms with Crippen molar-refractivity contribution in [3.05, 3.63) is 35.2 Å². The van der Waals surface area contributed by atoms with Crippen LogP contribution in [0.25, 0.3) is 10.1 Å². The Morgan fingerprint density at radius 1 is 1.47 bits per heavy atom. The van der Waals surface area contributed by atoms with Crippen LogP contribution in [0.4, 0.5) is 0 Å². The van der Waals surface area contributed by atoms with Crippen LogP contribution in [0.1, 0.15) is 18.9 Å². The summed E-state index contributed by atoms with van der Waals surface area (Å²) in [6.07, 6.45) is 0.903. The second kappa shape index (κ2) is 3.57. The molecule has 1 heterocycles. The normalized spacial score (nSPS) is 27.1. The molecule has 88 valence electrons. The Morgan fingerprint density at radius 3 is 2.82 bits per heavy atom. The second-order valence-electron chi connectivity index (χ2n) is 4.71. The van der Waals surface area contributed by atoms with Gasteiger partial charge in [0.25, 0.3) is 0 Å². The maximum absolute atomic E-state index is 12.0. The number of hydrogen-bond acceptors (Lipinski definition) is 3. The van der Waals surface area contributed by atoms with Crippen LogP contribution in [0, 0.1) is 5.92 Å². The van der Waals surface area contributed by atoms with Gasteiger partial charge in [-0.1, -0.05) is 25.1 Å². The first-order valence-corrected chi connectivity index (χ1v) is 6.63. The Bertz CT molecular complexity index is 587. The van der Waals surface area contributed by atoms with Crippen LogP contribution in [0.5, 0.6) is 0 Å². The number of ether oxygens (including phenoxy) is 1. The fourth-order valence-corrected chi connectivity index (χ4v) is 3.74. The van der Waals surface area contributed by atoms with Gasteiger partial charge in [0.05, 0.1) is 12.5 Å². The lowest BCUT2D eigenvalue weighted by atomic mass is 9.93. The highest BCUT2D eigenvalue weighted by atomic mass is 32.1. The molecule has 1 saturated carbocycles. The lowest BCUT2D eigenvalue weighted by Crippen LogP contribution is -2.23. The largest absolute Gasteiger partial charge is 0.468 e. The van der Waals surface area contributed by atoms with Gasteiger partial charge in [-0.25, -0.2) is 0 Å². The number of hydrogen-bond donors (Lipinski definition) is 0. The van der Waals surface area contributed by atoms with Gasteiger partial charge in [0.2, 0.25) is 0 Å². The first-order valence-electron chi connectivity index (χ1n) is 5.75. The number of fused-ring (bicyclic) bond motifs is 1. The summed E-state index contributed by atoms with van der Waals surface area (Å²) in [6, 6.07) is 8.25. The van der Waals surface area contributed by atoms with E-state index in [-0.39, 0.29) is 11.4 Å². The van der Waals surface area contributed by atoms with E-state index < -0.39 is 0 Å². The first-order chi connectivity index (χ1) is 8.20. The minimum absolute atomic E-state index is 0.0893. The molecule has 3 heteroatoms. The van der Waals surface area contributed by atoms with Crippen LogP contribution in [0.15, 0.2) is 29.6 Å². The second-order valence-corrected chi connectivity index (χ2v) is 5.62. The zero-order chi connectivity index (χ0) is 12.0. The lowest BCUT2D eigenvalue weighted by molar-refractivity contribution is -0.144. The van der Waals surface area contributed by atoms with E-state index in [0.29, 0.717) is 5.92 Å². The molecule has 1 fully saturated rings. The van der Waals surface area contributed by atoms with Crippen LogP contribution in [0.3, 0.4) is 0 Å². The minimum Gasteiger partial charge on any atom is -0.468 e. The van der Waals surface area contributed by atoms with Gasteiger partial charge >= 0.3 is 5.97 Å². The van der Waals surface area contributed by atoms with Gasteiger partial charge in [0, 0.05) is 4.70 Å². The van der Waals surface area contributed by atoms with Crippen LogP contribution in [0.2, 0.25) is 0 Å². The standard InChI is InChI=1S/C14H14O2S/c1-9-7-14(9,13(15)16-2)11-8-17-12-6-4-3-5-10(11)12/h3-6,8-9H,7H2,1-2H3. The summed E-state index contributed by atoms with van der Waals surface area (Å²) in [5.41, 5.74) is 0.770. The minimum atomic E-state index is -0.381. The zero-order valence-corrected chi connectivity index (χ0v) is 10.7. The smallest absolute Gasteiger partial charge is 0.316 e. The van der Waals surface area contributed by atoms with Crippen LogP contribution in [-0.4, -0.2) is 13.1 Å². The molecule has 0 saturated heterocycles. The van der Waals surface area contributed by atoms with Crippen LogP contribution in [-0.2, 0) is 14.9 Å². The molecule has 2 atom stereocenters. The van der Waals surface area contributed by atoms with Crippen molar-refractivity contribution < 1.29 is 9.53 Å². The number of carbonyl (C=O) groups is 1. The van der Waals surface area contributed by atoms with Crippen molar-refractivity contribution in [2.24, 2.45) is 5.92 Å². The molecule has 1 aromatic heterocycles. The van der Waals surface area contributed by atoms with E-state index >= 15 is 0 Å². The molecule has 0 radical (unpaired) electrons. The lowest BCUT2D eigenvalue weighted by Gasteiger charge is -2.13. The third-order valence-corrected chi connectivity index (χ3v) is 4.78. The quantitative estimate of drug-likeness (QED) is 0.760. The molecule has 1 aromatic carbocycles. The predicted molar refractivity (Wildman–Crippen MR) is 69.3 cm³/mol. The van der Waals surface area contributed by atoms with Crippen molar-refractivity contribution in [2.75, 3.05) is 7.11 Å². The molecular weight excluding hydrogens is 232 g/mol. The van der Waals surface area contributed by atoms with Gasteiger partial charge in [-0.15, -0.1) is 11.3 Å².